The number of carbonyl (C=O) groups excluding carboxylic acids is 1. The second-order valence-electron chi connectivity index (χ2n) is 11.0. The van der Waals surface area contributed by atoms with E-state index in [1.807, 2.05) is 0 Å². The van der Waals surface area contributed by atoms with Crippen LogP contribution >= 0.6 is 0 Å². The molecule has 2 N–H and O–H groups in total. The number of fused-ring (bicyclic) bond motifs is 1. The van der Waals surface area contributed by atoms with Gasteiger partial charge >= 0.3 is 0 Å². The van der Waals surface area contributed by atoms with Gasteiger partial charge in [-0.2, -0.15) is 0 Å². The number of benzene rings is 1. The highest BCUT2D eigenvalue weighted by atomic mass is 16.5. The predicted octanol–water partition coefficient (Wildman–Crippen LogP) is 5.44. The van der Waals surface area contributed by atoms with Crippen LogP contribution in [0.1, 0.15) is 73.9 Å². The van der Waals surface area contributed by atoms with Gasteiger partial charge in [0.1, 0.15) is 0 Å². The number of likely N-dealkylation sites (tertiary alicyclic amines) is 1. The van der Waals surface area contributed by atoms with Gasteiger partial charge in [-0.15, -0.1) is 0 Å². The molecule has 0 spiro atoms. The summed E-state index contributed by atoms with van der Waals surface area (Å²) in [6, 6.07) is 11.5. The van der Waals surface area contributed by atoms with E-state index in [2.05, 4.69) is 78.2 Å². The molecule has 1 aromatic carbocycles. The van der Waals surface area contributed by atoms with Crippen LogP contribution in [0.2, 0.25) is 0 Å². The number of amides is 1. The molecule has 2 aliphatic rings. The zero-order valence-corrected chi connectivity index (χ0v) is 22.2. The third kappa shape index (κ3) is 5.50. The van der Waals surface area contributed by atoms with E-state index in [1.165, 1.54) is 33.3 Å². The average molecular weight is 489 g/mol. The molecule has 1 amide bonds. The van der Waals surface area contributed by atoms with Crippen LogP contribution in [0.15, 0.2) is 30.3 Å². The van der Waals surface area contributed by atoms with Crippen molar-refractivity contribution in [2.75, 3.05) is 32.8 Å². The van der Waals surface area contributed by atoms with Crippen molar-refractivity contribution in [3.63, 3.8) is 0 Å². The molecule has 6 heteroatoms. The number of hydrogen-bond acceptors (Lipinski definition) is 4. The summed E-state index contributed by atoms with van der Waals surface area (Å²) in [5.41, 5.74) is 8.53. The van der Waals surface area contributed by atoms with Gasteiger partial charge in [0.05, 0.1) is 24.9 Å². The highest BCUT2D eigenvalue weighted by molar-refractivity contribution is 5.92. The fourth-order valence-electron chi connectivity index (χ4n) is 6.05. The topological polar surface area (TPSA) is 70.2 Å². The molecule has 4 heterocycles. The minimum absolute atomic E-state index is 0.133. The molecular weight excluding hydrogens is 448 g/mol. The molecule has 0 radical (unpaired) electrons. The van der Waals surface area contributed by atoms with E-state index in [-0.39, 0.29) is 11.9 Å². The lowest BCUT2D eigenvalue weighted by Crippen LogP contribution is -2.46. The Bertz CT molecular complexity index is 1200. The van der Waals surface area contributed by atoms with Crippen molar-refractivity contribution in [1.82, 2.24) is 20.2 Å². The quantitative estimate of drug-likeness (QED) is 0.484. The molecule has 2 aliphatic heterocycles. The maximum Gasteiger partial charge on any atom is 0.234 e. The summed E-state index contributed by atoms with van der Waals surface area (Å²) < 4.78 is 5.49. The van der Waals surface area contributed by atoms with Crippen LogP contribution in [-0.2, 0) is 9.53 Å². The summed E-state index contributed by atoms with van der Waals surface area (Å²) in [6.07, 6.45) is 4.23. The first-order chi connectivity index (χ1) is 17.4. The fourth-order valence-corrected chi connectivity index (χ4v) is 6.05. The van der Waals surface area contributed by atoms with E-state index in [1.54, 1.807) is 0 Å². The van der Waals surface area contributed by atoms with Gasteiger partial charge in [0.25, 0.3) is 0 Å². The highest BCUT2D eigenvalue weighted by Crippen LogP contribution is 2.38. The summed E-state index contributed by atoms with van der Waals surface area (Å²) in [5, 5.41) is 4.49. The monoisotopic (exact) mass is 488 g/mol. The molecule has 1 atom stereocenters. The molecule has 36 heavy (non-hydrogen) atoms. The number of pyridine rings is 1. The number of aromatic amines is 1. The Labute approximate surface area is 214 Å². The van der Waals surface area contributed by atoms with Gasteiger partial charge in [0.15, 0.2) is 0 Å². The lowest BCUT2D eigenvalue weighted by atomic mass is 9.87. The molecule has 2 saturated heterocycles. The Morgan fingerprint density at radius 1 is 1.14 bits per heavy atom. The first-order valence-electron chi connectivity index (χ1n) is 13.6. The van der Waals surface area contributed by atoms with Crippen molar-refractivity contribution < 1.29 is 9.53 Å². The van der Waals surface area contributed by atoms with Crippen molar-refractivity contribution in [2.45, 2.75) is 71.3 Å². The summed E-state index contributed by atoms with van der Waals surface area (Å²) in [7, 11) is 0. The number of aryl methyl sites for hydroxylation is 2. The van der Waals surface area contributed by atoms with Crippen LogP contribution in [-0.4, -0.2) is 59.7 Å². The van der Waals surface area contributed by atoms with Crippen molar-refractivity contribution >= 4 is 16.8 Å². The largest absolute Gasteiger partial charge is 0.379 e. The number of nitrogens with one attached hydrogen (secondary N) is 2. The van der Waals surface area contributed by atoms with Gasteiger partial charge < -0.3 is 15.0 Å². The van der Waals surface area contributed by atoms with Gasteiger partial charge in [-0.25, -0.2) is 0 Å². The standard InChI is InChI=1S/C30H40N4O2/c1-19(2)29-26-16-23(7-8-27(26)33-30(29)24-14-20(3)31-21(4)15-24)22-9-11-34(12-10-22)17-28(35)32-25-6-5-13-36-18-25/h7-8,14-16,19,22,25,33H,5-6,9-13,17-18H2,1-4H3,(H,32,35). The Kier molecular flexibility index (Phi) is 7.44. The summed E-state index contributed by atoms with van der Waals surface area (Å²) in [5.74, 6) is 1.07. The number of rotatable bonds is 6. The van der Waals surface area contributed by atoms with E-state index in [4.69, 9.17) is 4.74 Å². The first-order valence-corrected chi connectivity index (χ1v) is 13.6. The zero-order chi connectivity index (χ0) is 25.2. The third-order valence-corrected chi connectivity index (χ3v) is 7.76. The average Bonchev–Trinajstić information content (AvgIpc) is 3.24. The number of hydrogen-bond donors (Lipinski definition) is 2. The molecule has 0 bridgehead atoms. The van der Waals surface area contributed by atoms with Crippen LogP contribution in [0.4, 0.5) is 0 Å². The Morgan fingerprint density at radius 2 is 1.89 bits per heavy atom. The lowest BCUT2D eigenvalue weighted by Gasteiger charge is -2.32. The molecule has 0 aliphatic carbocycles. The number of H-pyrrole nitrogens is 1. The zero-order valence-electron chi connectivity index (χ0n) is 22.2. The van der Waals surface area contributed by atoms with E-state index in [0.717, 1.165) is 56.8 Å². The molecule has 1 unspecified atom stereocenters. The Hall–Kier alpha value is -2.70. The number of ether oxygens (including phenoxy) is 1. The van der Waals surface area contributed by atoms with Crippen LogP contribution in [0.25, 0.3) is 22.2 Å². The Balaban J connectivity index is 1.29. The number of nitrogens with zero attached hydrogens (tertiary/aromatic N) is 2. The molecule has 6 nitrogen and oxygen atoms in total. The Morgan fingerprint density at radius 3 is 2.56 bits per heavy atom. The molecule has 3 aromatic rings. The highest BCUT2D eigenvalue weighted by Gasteiger charge is 2.25. The molecule has 0 saturated carbocycles. The number of piperidine rings is 1. The minimum atomic E-state index is 0.133. The van der Waals surface area contributed by atoms with Gasteiger partial charge in [0, 0.05) is 34.5 Å². The van der Waals surface area contributed by atoms with Crippen LogP contribution < -0.4 is 5.32 Å². The van der Waals surface area contributed by atoms with Crippen LogP contribution in [0, 0.1) is 13.8 Å². The van der Waals surface area contributed by atoms with Crippen molar-refractivity contribution in [1.29, 1.82) is 0 Å². The third-order valence-electron chi connectivity index (χ3n) is 7.76. The molecule has 2 fully saturated rings. The summed E-state index contributed by atoms with van der Waals surface area (Å²) in [4.78, 5) is 23.1. The summed E-state index contributed by atoms with van der Waals surface area (Å²) >= 11 is 0. The first kappa shape index (κ1) is 25.0. The number of aromatic nitrogens is 2. The smallest absolute Gasteiger partial charge is 0.234 e. The SMILES string of the molecule is Cc1cc(-c2[nH]c3ccc(C4CCN(CC(=O)NC5CCCOC5)CC4)cc3c2C(C)C)cc(C)n1. The van der Waals surface area contributed by atoms with Crippen molar-refractivity contribution in [3.8, 4) is 11.3 Å². The maximum absolute atomic E-state index is 12.5. The van der Waals surface area contributed by atoms with Gasteiger partial charge in [0.2, 0.25) is 5.91 Å². The van der Waals surface area contributed by atoms with E-state index >= 15 is 0 Å². The van der Waals surface area contributed by atoms with Gasteiger partial charge in [-0.3, -0.25) is 14.7 Å². The van der Waals surface area contributed by atoms with Gasteiger partial charge in [-0.05, 0) is 99.8 Å². The van der Waals surface area contributed by atoms with Gasteiger partial charge in [-0.1, -0.05) is 19.9 Å². The fraction of sp³-hybridized carbons (Fsp3) is 0.533. The van der Waals surface area contributed by atoms with E-state index < -0.39 is 0 Å². The summed E-state index contributed by atoms with van der Waals surface area (Å²) in [6.45, 7) is 12.6. The predicted molar refractivity (Wildman–Crippen MR) is 145 cm³/mol. The maximum atomic E-state index is 12.5. The van der Waals surface area contributed by atoms with Crippen molar-refractivity contribution in [3.05, 3.63) is 52.8 Å². The second-order valence-corrected chi connectivity index (χ2v) is 11.0. The van der Waals surface area contributed by atoms with Crippen molar-refractivity contribution in [2.24, 2.45) is 0 Å². The molecule has 5 rings (SSSR count). The van der Waals surface area contributed by atoms with E-state index in [9.17, 15) is 4.79 Å². The van der Waals surface area contributed by atoms with Crippen LogP contribution in [0.5, 0.6) is 0 Å². The van der Waals surface area contributed by atoms with Crippen LogP contribution in [0.3, 0.4) is 0 Å². The molecular formula is C30H40N4O2. The lowest BCUT2D eigenvalue weighted by molar-refractivity contribution is -0.124. The minimum Gasteiger partial charge on any atom is -0.379 e. The number of carbonyl (C=O) groups is 1. The molecule has 2 aromatic heterocycles. The van der Waals surface area contributed by atoms with E-state index in [0.29, 0.717) is 25.0 Å². The molecule has 192 valence electrons. The normalized spacial score (nSPS) is 19.8. The second kappa shape index (κ2) is 10.7.